The molecule has 0 heterocycles. The molecule has 12 aromatic carbocycles. The van der Waals surface area contributed by atoms with Crippen LogP contribution < -0.4 is 4.90 Å². The number of anilines is 3. The Labute approximate surface area is 450 Å². The second-order valence-corrected chi connectivity index (χ2v) is 21.1. The van der Waals surface area contributed by atoms with Gasteiger partial charge >= 0.3 is 0 Å². The lowest BCUT2D eigenvalue weighted by molar-refractivity contribution is 0.793. The monoisotopic (exact) mass is 975 g/mol. The number of nitrogens with zero attached hydrogens (tertiary/aromatic N) is 1. The van der Waals surface area contributed by atoms with Gasteiger partial charge in [-0.25, -0.2) is 0 Å². The van der Waals surface area contributed by atoms with Crippen molar-refractivity contribution in [2.45, 2.75) is 10.8 Å². The van der Waals surface area contributed by atoms with Crippen molar-refractivity contribution in [2.24, 2.45) is 0 Å². The van der Waals surface area contributed by atoms with Crippen molar-refractivity contribution >= 4 is 23.1 Å². The van der Waals surface area contributed by atoms with Crippen LogP contribution in [0.1, 0.15) is 50.1 Å². The minimum absolute atomic E-state index is 0.453. The van der Waals surface area contributed by atoms with Gasteiger partial charge in [-0.15, -0.1) is 0 Å². The third-order valence-corrected chi connectivity index (χ3v) is 17.5. The van der Waals surface area contributed by atoms with Crippen LogP contribution in [0.3, 0.4) is 0 Å². The van der Waals surface area contributed by atoms with Gasteiger partial charge < -0.3 is 4.90 Å². The maximum Gasteiger partial charge on any atom is 0.0726 e. The Morgan fingerprint density at radius 2 is 0.519 bits per heavy atom. The summed E-state index contributed by atoms with van der Waals surface area (Å²) in [5.41, 5.74) is 31.7. The molecular formula is C76H49N. The summed E-state index contributed by atoms with van der Waals surface area (Å²) >= 11 is 0. The van der Waals surface area contributed by atoms with Crippen LogP contribution in [0.5, 0.6) is 0 Å². The fraction of sp³-hybridized carbons (Fsp3) is 0.0263. The van der Waals surface area contributed by atoms with Crippen molar-refractivity contribution in [2.75, 3.05) is 4.90 Å². The Morgan fingerprint density at radius 1 is 0.234 bits per heavy atom. The summed E-state index contributed by atoms with van der Waals surface area (Å²) in [7, 11) is 0. The summed E-state index contributed by atoms with van der Waals surface area (Å²) in [6.07, 6.45) is 1.91. The van der Waals surface area contributed by atoms with Gasteiger partial charge in [-0.3, -0.25) is 0 Å². The number of hydrogen-bond acceptors (Lipinski definition) is 1. The lowest BCUT2D eigenvalue weighted by Gasteiger charge is -2.32. The summed E-state index contributed by atoms with van der Waals surface area (Å²) in [5, 5.41) is 0. The molecule has 1 heteroatoms. The van der Waals surface area contributed by atoms with E-state index in [1.807, 2.05) is 6.08 Å². The van der Waals surface area contributed by atoms with E-state index in [0.717, 1.165) is 22.6 Å². The molecule has 0 N–H and O–H groups in total. The molecule has 4 aliphatic rings. The van der Waals surface area contributed by atoms with Crippen LogP contribution >= 0.6 is 0 Å². The average Bonchev–Trinajstić information content (AvgIpc) is 4.25. The van der Waals surface area contributed by atoms with E-state index >= 15 is 0 Å². The fourth-order valence-electron chi connectivity index (χ4n) is 14.2. The van der Waals surface area contributed by atoms with Crippen molar-refractivity contribution in [3.8, 4) is 77.9 Å². The van der Waals surface area contributed by atoms with Crippen molar-refractivity contribution in [1.29, 1.82) is 0 Å². The molecule has 0 aromatic heterocycles. The first-order chi connectivity index (χ1) is 38.1. The number of hydrogen-bond donors (Lipinski definition) is 0. The van der Waals surface area contributed by atoms with Crippen molar-refractivity contribution in [3.05, 3.63) is 336 Å². The van der Waals surface area contributed by atoms with Crippen LogP contribution in [0, 0.1) is 0 Å². The second kappa shape index (κ2) is 16.6. The van der Waals surface area contributed by atoms with Gasteiger partial charge in [0, 0.05) is 17.1 Å². The summed E-state index contributed by atoms with van der Waals surface area (Å²) in [6.45, 7) is 4.01. The molecule has 1 atom stereocenters. The Hall–Kier alpha value is -9.82. The van der Waals surface area contributed by atoms with Gasteiger partial charge in [-0.2, -0.15) is 0 Å². The highest BCUT2D eigenvalue weighted by Crippen LogP contribution is 2.65. The summed E-state index contributed by atoms with van der Waals surface area (Å²) in [4.78, 5) is 2.45. The molecule has 0 aliphatic heterocycles. The standard InChI is InChI=1S/C76H49N/c1-2-49-28-30-52(31-29-49)54-36-43-64-61-20-9-14-26-70(61)76(72(64)46-54)71-27-15-10-21-62(71)65-44-37-55(47-73(65)76)53-34-40-57(41-35-53)77(56-38-32-51(33-39-56)50-16-4-3-5-17-50)58-42-45-66-63-22-8-13-25-69(63)75(74(66)48-58)67-23-11-6-18-59(67)60-19-7-12-24-68(60)75/h2-48H,1H2. The zero-order valence-corrected chi connectivity index (χ0v) is 42.3. The molecule has 77 heavy (non-hydrogen) atoms. The zero-order chi connectivity index (χ0) is 50.8. The van der Waals surface area contributed by atoms with Crippen molar-refractivity contribution in [3.63, 3.8) is 0 Å². The molecule has 0 bridgehead atoms. The molecule has 2 spiro atoms. The third-order valence-electron chi connectivity index (χ3n) is 17.5. The molecular weight excluding hydrogens is 927 g/mol. The summed E-state index contributed by atoms with van der Waals surface area (Å²) in [6, 6.07) is 105. The highest BCUT2D eigenvalue weighted by molar-refractivity contribution is 5.99. The first-order valence-electron chi connectivity index (χ1n) is 26.8. The topological polar surface area (TPSA) is 3.24 Å². The summed E-state index contributed by atoms with van der Waals surface area (Å²) < 4.78 is 0. The van der Waals surface area contributed by atoms with Crippen LogP contribution in [0.4, 0.5) is 17.1 Å². The predicted molar refractivity (Wildman–Crippen MR) is 320 cm³/mol. The molecule has 358 valence electrons. The zero-order valence-electron chi connectivity index (χ0n) is 42.3. The van der Waals surface area contributed by atoms with Crippen LogP contribution in [0.15, 0.2) is 286 Å². The van der Waals surface area contributed by atoms with Gasteiger partial charge in [0.1, 0.15) is 0 Å². The van der Waals surface area contributed by atoms with E-state index in [1.165, 1.54) is 122 Å². The highest BCUT2D eigenvalue weighted by atomic mass is 15.1. The lowest BCUT2D eigenvalue weighted by Crippen LogP contribution is -2.26. The third kappa shape index (κ3) is 6.06. The van der Waals surface area contributed by atoms with E-state index in [2.05, 4.69) is 291 Å². The van der Waals surface area contributed by atoms with Crippen LogP contribution in [-0.4, -0.2) is 0 Å². The van der Waals surface area contributed by atoms with E-state index in [4.69, 9.17) is 0 Å². The first kappa shape index (κ1) is 43.6. The van der Waals surface area contributed by atoms with Crippen LogP contribution in [-0.2, 0) is 10.8 Å². The molecule has 16 rings (SSSR count). The van der Waals surface area contributed by atoms with Crippen LogP contribution in [0.25, 0.3) is 84.0 Å². The largest absolute Gasteiger partial charge is 0.310 e. The molecule has 0 fully saturated rings. The highest BCUT2D eigenvalue weighted by Gasteiger charge is 2.53. The van der Waals surface area contributed by atoms with Crippen molar-refractivity contribution in [1.82, 2.24) is 0 Å². The van der Waals surface area contributed by atoms with E-state index in [0.29, 0.717) is 0 Å². The minimum atomic E-state index is -0.488. The molecule has 0 saturated heterocycles. The van der Waals surface area contributed by atoms with Gasteiger partial charge in [0.05, 0.1) is 10.8 Å². The Bertz CT molecular complexity index is 4310. The smallest absolute Gasteiger partial charge is 0.0726 e. The molecule has 4 aliphatic carbocycles. The maximum absolute atomic E-state index is 4.01. The van der Waals surface area contributed by atoms with E-state index < -0.39 is 10.8 Å². The predicted octanol–water partition coefficient (Wildman–Crippen LogP) is 19.5. The van der Waals surface area contributed by atoms with Gasteiger partial charge in [0.15, 0.2) is 0 Å². The minimum Gasteiger partial charge on any atom is -0.310 e. The van der Waals surface area contributed by atoms with Gasteiger partial charge in [-0.1, -0.05) is 243 Å². The van der Waals surface area contributed by atoms with E-state index in [1.54, 1.807) is 0 Å². The molecule has 0 amide bonds. The van der Waals surface area contributed by atoms with E-state index in [-0.39, 0.29) is 0 Å². The quantitative estimate of drug-likeness (QED) is 0.154. The molecule has 0 saturated carbocycles. The van der Waals surface area contributed by atoms with Crippen molar-refractivity contribution < 1.29 is 0 Å². The normalized spacial score (nSPS) is 15.0. The van der Waals surface area contributed by atoms with Gasteiger partial charge in [0.2, 0.25) is 0 Å². The Kier molecular flexibility index (Phi) is 9.39. The Balaban J connectivity index is 0.851. The average molecular weight is 976 g/mol. The number of rotatable bonds is 7. The SMILES string of the molecule is C=Cc1ccc(-c2ccc3c(c2)C2(c4ccccc4-3)c3ccccc3-c3ccc(-c4ccc(N(c5ccc(-c6ccccc6)cc5)c5ccc6c(c5)C5(c7ccccc7-c7ccccc75)c5ccccc5-6)cc4)cc32)cc1. The molecule has 0 radical (unpaired) electrons. The fourth-order valence-corrected chi connectivity index (χ4v) is 14.2. The summed E-state index contributed by atoms with van der Waals surface area (Å²) in [5.74, 6) is 0. The van der Waals surface area contributed by atoms with Gasteiger partial charge in [-0.05, 0) is 176 Å². The number of fused-ring (bicyclic) bond motifs is 20. The van der Waals surface area contributed by atoms with E-state index in [9.17, 15) is 0 Å². The first-order valence-corrected chi connectivity index (χ1v) is 26.8. The van der Waals surface area contributed by atoms with Gasteiger partial charge in [0.25, 0.3) is 0 Å². The lowest BCUT2D eigenvalue weighted by atomic mass is 9.70. The Morgan fingerprint density at radius 3 is 0.935 bits per heavy atom. The second-order valence-electron chi connectivity index (χ2n) is 21.1. The molecule has 12 aromatic rings. The molecule has 1 unspecified atom stereocenters. The maximum atomic E-state index is 4.01. The molecule has 1 nitrogen and oxygen atoms in total. The number of benzene rings is 12. The van der Waals surface area contributed by atoms with Crippen LogP contribution in [0.2, 0.25) is 0 Å².